The van der Waals surface area contributed by atoms with Crippen molar-refractivity contribution in [2.24, 2.45) is 0 Å². The maximum atomic E-state index is 13.3. The van der Waals surface area contributed by atoms with Gasteiger partial charge in [-0.3, -0.25) is 13.9 Å². The number of benzene rings is 1. The minimum atomic E-state index is -0.0249. The average Bonchev–Trinajstić information content (AvgIpc) is 3.56. The first-order valence-corrected chi connectivity index (χ1v) is 13.2. The van der Waals surface area contributed by atoms with E-state index in [-0.39, 0.29) is 11.8 Å². The molecule has 0 radical (unpaired) electrons. The molecule has 9 nitrogen and oxygen atoms in total. The van der Waals surface area contributed by atoms with Crippen molar-refractivity contribution in [3.63, 3.8) is 0 Å². The largest absolute Gasteiger partial charge is 0.368 e. The SMILES string of the molecule is Cc1ccc(-n2c(CCCNc3ncnc4c3ncn4C3CCCCO3)nc3ccsc3c2=O)cc1. The quantitative estimate of drug-likeness (QED) is 0.324. The molecule has 0 bridgehead atoms. The molecule has 36 heavy (non-hydrogen) atoms. The monoisotopic (exact) mass is 501 g/mol. The first kappa shape index (κ1) is 22.8. The molecule has 1 aromatic carbocycles. The lowest BCUT2D eigenvalue weighted by Crippen LogP contribution is -2.23. The molecule has 1 atom stereocenters. The lowest BCUT2D eigenvalue weighted by atomic mass is 10.2. The highest BCUT2D eigenvalue weighted by molar-refractivity contribution is 7.17. The summed E-state index contributed by atoms with van der Waals surface area (Å²) in [6.07, 6.45) is 7.93. The van der Waals surface area contributed by atoms with Gasteiger partial charge >= 0.3 is 0 Å². The van der Waals surface area contributed by atoms with E-state index in [1.165, 1.54) is 11.3 Å². The molecule has 1 saturated heterocycles. The van der Waals surface area contributed by atoms with E-state index >= 15 is 0 Å². The molecule has 5 heterocycles. The first-order valence-electron chi connectivity index (χ1n) is 12.3. The molecule has 1 unspecified atom stereocenters. The molecule has 0 saturated carbocycles. The summed E-state index contributed by atoms with van der Waals surface area (Å²) >= 11 is 1.43. The van der Waals surface area contributed by atoms with Gasteiger partial charge in [0.15, 0.2) is 17.0 Å². The Balaban J connectivity index is 1.21. The second kappa shape index (κ2) is 9.79. The number of hydrogen-bond acceptors (Lipinski definition) is 8. The second-order valence-corrected chi connectivity index (χ2v) is 9.95. The Morgan fingerprint density at radius 2 is 2.03 bits per heavy atom. The van der Waals surface area contributed by atoms with E-state index < -0.39 is 0 Å². The zero-order valence-corrected chi connectivity index (χ0v) is 20.9. The van der Waals surface area contributed by atoms with Crippen LogP contribution in [0, 0.1) is 6.92 Å². The first-order chi connectivity index (χ1) is 17.7. The van der Waals surface area contributed by atoms with Crippen LogP contribution in [0.25, 0.3) is 27.1 Å². The standard InChI is InChI=1S/C26H27N7O2S/c1-17-7-9-18(10-8-17)33-20(31-19-11-14-36-23(19)26(33)34)5-4-12-27-24-22-25(29-15-28-24)32(16-30-22)21-6-2-3-13-35-21/h7-11,14-16,21H,2-6,12-13H2,1H3,(H,27,28,29). The number of aryl methyl sites for hydroxylation is 2. The molecule has 1 aliphatic rings. The lowest BCUT2D eigenvalue weighted by molar-refractivity contribution is -0.0298. The van der Waals surface area contributed by atoms with Crippen LogP contribution < -0.4 is 10.9 Å². The Labute approximate surface area is 211 Å². The number of fused-ring (bicyclic) bond motifs is 2. The van der Waals surface area contributed by atoms with Crippen molar-refractivity contribution < 1.29 is 4.74 Å². The number of imidazole rings is 1. The van der Waals surface area contributed by atoms with Gasteiger partial charge in [-0.25, -0.2) is 19.9 Å². The van der Waals surface area contributed by atoms with Crippen molar-refractivity contribution in [2.75, 3.05) is 18.5 Å². The van der Waals surface area contributed by atoms with Gasteiger partial charge in [-0.2, -0.15) is 0 Å². The fourth-order valence-corrected chi connectivity index (χ4v) is 5.43. The van der Waals surface area contributed by atoms with Crippen LogP contribution in [0.2, 0.25) is 0 Å². The van der Waals surface area contributed by atoms with Gasteiger partial charge in [-0.1, -0.05) is 17.7 Å². The summed E-state index contributed by atoms with van der Waals surface area (Å²) in [6, 6.07) is 9.90. The van der Waals surface area contributed by atoms with Crippen LogP contribution in [0.1, 0.15) is 43.3 Å². The number of nitrogens with one attached hydrogen (secondary N) is 1. The molecule has 184 valence electrons. The van der Waals surface area contributed by atoms with Crippen LogP contribution in [0.4, 0.5) is 5.82 Å². The van der Waals surface area contributed by atoms with E-state index in [9.17, 15) is 4.79 Å². The summed E-state index contributed by atoms with van der Waals surface area (Å²) in [4.78, 5) is 31.6. The summed E-state index contributed by atoms with van der Waals surface area (Å²) in [6.45, 7) is 3.46. The highest BCUT2D eigenvalue weighted by Gasteiger charge is 2.20. The highest BCUT2D eigenvalue weighted by atomic mass is 32.1. The smallest absolute Gasteiger partial charge is 0.276 e. The van der Waals surface area contributed by atoms with Gasteiger partial charge < -0.3 is 10.1 Å². The van der Waals surface area contributed by atoms with Crippen LogP contribution in [-0.4, -0.2) is 42.2 Å². The third kappa shape index (κ3) is 4.27. The number of nitrogens with zero attached hydrogens (tertiary/aromatic N) is 6. The number of ether oxygens (including phenoxy) is 1. The average molecular weight is 502 g/mol. The van der Waals surface area contributed by atoms with Gasteiger partial charge in [0, 0.05) is 19.6 Å². The van der Waals surface area contributed by atoms with Gasteiger partial charge in [0.2, 0.25) is 0 Å². The Morgan fingerprint density at radius 1 is 1.14 bits per heavy atom. The Hall–Kier alpha value is -3.63. The van der Waals surface area contributed by atoms with E-state index in [1.54, 1.807) is 17.2 Å². The van der Waals surface area contributed by atoms with Crippen molar-refractivity contribution in [3.05, 3.63) is 70.1 Å². The zero-order chi connectivity index (χ0) is 24.5. The van der Waals surface area contributed by atoms with Crippen molar-refractivity contribution >= 4 is 38.5 Å². The van der Waals surface area contributed by atoms with E-state index in [0.29, 0.717) is 23.5 Å². The minimum Gasteiger partial charge on any atom is -0.368 e. The van der Waals surface area contributed by atoms with Crippen LogP contribution in [0.15, 0.2) is 53.2 Å². The van der Waals surface area contributed by atoms with Gasteiger partial charge in [-0.05, 0) is 56.2 Å². The molecule has 6 rings (SSSR count). The van der Waals surface area contributed by atoms with Gasteiger partial charge in [-0.15, -0.1) is 11.3 Å². The molecule has 1 aliphatic heterocycles. The number of anilines is 1. The van der Waals surface area contributed by atoms with Crippen molar-refractivity contribution in [2.45, 2.75) is 45.3 Å². The summed E-state index contributed by atoms with van der Waals surface area (Å²) in [5, 5.41) is 5.33. The maximum absolute atomic E-state index is 13.3. The van der Waals surface area contributed by atoms with E-state index in [1.807, 2.05) is 47.2 Å². The predicted molar refractivity (Wildman–Crippen MR) is 141 cm³/mol. The molecule has 10 heteroatoms. The molecule has 5 aromatic rings. The predicted octanol–water partition coefficient (Wildman–Crippen LogP) is 4.64. The Morgan fingerprint density at radius 3 is 2.86 bits per heavy atom. The molecule has 0 amide bonds. The maximum Gasteiger partial charge on any atom is 0.276 e. The minimum absolute atomic E-state index is 0.0187. The normalized spacial score (nSPS) is 16.1. The van der Waals surface area contributed by atoms with Crippen molar-refractivity contribution in [3.8, 4) is 5.69 Å². The van der Waals surface area contributed by atoms with Crippen LogP contribution >= 0.6 is 11.3 Å². The molecule has 4 aromatic heterocycles. The zero-order valence-electron chi connectivity index (χ0n) is 20.1. The fourth-order valence-electron chi connectivity index (χ4n) is 4.67. The molecule has 1 N–H and O–H groups in total. The van der Waals surface area contributed by atoms with E-state index in [0.717, 1.165) is 66.0 Å². The van der Waals surface area contributed by atoms with Gasteiger partial charge in [0.05, 0.1) is 17.5 Å². The molecule has 0 aliphatic carbocycles. The van der Waals surface area contributed by atoms with Gasteiger partial charge in [0.1, 0.15) is 23.1 Å². The number of thiophene rings is 1. The van der Waals surface area contributed by atoms with Crippen LogP contribution in [0.3, 0.4) is 0 Å². The number of aromatic nitrogens is 6. The Kier molecular flexibility index (Phi) is 6.20. The van der Waals surface area contributed by atoms with E-state index in [4.69, 9.17) is 9.72 Å². The molecule has 1 fully saturated rings. The van der Waals surface area contributed by atoms with Crippen LogP contribution in [-0.2, 0) is 11.2 Å². The van der Waals surface area contributed by atoms with Crippen molar-refractivity contribution in [1.29, 1.82) is 0 Å². The third-order valence-electron chi connectivity index (χ3n) is 6.54. The van der Waals surface area contributed by atoms with Gasteiger partial charge in [0.25, 0.3) is 5.56 Å². The summed E-state index contributed by atoms with van der Waals surface area (Å²) in [5.74, 6) is 1.45. The molecule has 0 spiro atoms. The Bertz CT molecular complexity index is 1570. The van der Waals surface area contributed by atoms with E-state index in [2.05, 4.69) is 20.3 Å². The topological polar surface area (TPSA) is 99.8 Å². The fraction of sp³-hybridized carbons (Fsp3) is 0.346. The third-order valence-corrected chi connectivity index (χ3v) is 7.43. The second-order valence-electron chi connectivity index (χ2n) is 9.04. The van der Waals surface area contributed by atoms with Crippen molar-refractivity contribution in [1.82, 2.24) is 29.1 Å². The highest BCUT2D eigenvalue weighted by Crippen LogP contribution is 2.27. The summed E-state index contributed by atoms with van der Waals surface area (Å²) in [7, 11) is 0. The number of rotatable bonds is 7. The lowest BCUT2D eigenvalue weighted by Gasteiger charge is -2.23. The molecular weight excluding hydrogens is 474 g/mol. The summed E-state index contributed by atoms with van der Waals surface area (Å²) in [5.41, 5.74) is 4.23. The molecular formula is C26H27N7O2S. The number of hydrogen-bond donors (Lipinski definition) is 1. The summed E-state index contributed by atoms with van der Waals surface area (Å²) < 4.78 is 10.3. The van der Waals surface area contributed by atoms with Crippen LogP contribution in [0.5, 0.6) is 0 Å².